The number of furan rings is 1. The Morgan fingerprint density at radius 3 is 2.36 bits per heavy atom. The first-order valence-electron chi connectivity index (χ1n) is 9.70. The van der Waals surface area contributed by atoms with Crippen LogP contribution in [0.2, 0.25) is 0 Å². The summed E-state index contributed by atoms with van der Waals surface area (Å²) in [6, 6.07) is 4.22. The van der Waals surface area contributed by atoms with Crippen molar-refractivity contribution in [3.8, 4) is 0 Å². The van der Waals surface area contributed by atoms with Crippen LogP contribution in [-0.2, 0) is 9.47 Å². The Morgan fingerprint density at radius 2 is 1.86 bits per heavy atom. The molecule has 1 saturated heterocycles. The molecule has 162 valence electrons. The summed E-state index contributed by atoms with van der Waals surface area (Å²) in [6.45, 7) is 13.2. The first-order valence-corrected chi connectivity index (χ1v) is 9.70. The standard InChI is InChI=1S/C20H36N4O3.HI/c1-15-7-8-17(27-15)16(24-9-11-26-12-10-24)13-22-19(21-5)23-14-18(25-6)20(2,3)4;/h7-8,16,18H,9-14H2,1-6H3,(H2,21,22,23);1H. The van der Waals surface area contributed by atoms with Gasteiger partial charge in [-0.05, 0) is 24.5 Å². The molecule has 0 spiro atoms. The number of nitrogens with zero attached hydrogens (tertiary/aromatic N) is 2. The Hall–Kier alpha value is -0.840. The van der Waals surface area contributed by atoms with Gasteiger partial charge >= 0.3 is 0 Å². The van der Waals surface area contributed by atoms with Gasteiger partial charge in [-0.2, -0.15) is 0 Å². The zero-order valence-electron chi connectivity index (χ0n) is 18.1. The fourth-order valence-corrected chi connectivity index (χ4v) is 3.28. The molecule has 1 aliphatic rings. The van der Waals surface area contributed by atoms with Crippen LogP contribution in [0.25, 0.3) is 0 Å². The van der Waals surface area contributed by atoms with Crippen LogP contribution in [0.15, 0.2) is 21.5 Å². The van der Waals surface area contributed by atoms with Gasteiger partial charge in [-0.1, -0.05) is 20.8 Å². The van der Waals surface area contributed by atoms with Crippen LogP contribution in [0.3, 0.4) is 0 Å². The van der Waals surface area contributed by atoms with Crippen molar-refractivity contribution in [1.82, 2.24) is 15.5 Å². The van der Waals surface area contributed by atoms with Gasteiger partial charge in [0.05, 0.1) is 25.4 Å². The van der Waals surface area contributed by atoms with Crippen molar-refractivity contribution in [3.63, 3.8) is 0 Å². The average molecular weight is 508 g/mol. The van der Waals surface area contributed by atoms with Crippen molar-refractivity contribution in [1.29, 1.82) is 0 Å². The number of aliphatic imine (C=N–C) groups is 1. The number of hydrogen-bond acceptors (Lipinski definition) is 5. The molecule has 1 aromatic heterocycles. The number of hydrogen-bond donors (Lipinski definition) is 2. The van der Waals surface area contributed by atoms with Crippen LogP contribution in [0.1, 0.15) is 38.3 Å². The fourth-order valence-electron chi connectivity index (χ4n) is 3.28. The Balaban J connectivity index is 0.00000392. The molecule has 0 aromatic carbocycles. The molecule has 1 aliphatic heterocycles. The lowest BCUT2D eigenvalue weighted by Gasteiger charge is -2.34. The molecular formula is C20H37IN4O3. The third-order valence-electron chi connectivity index (χ3n) is 4.97. The number of nitrogens with one attached hydrogen (secondary N) is 2. The van der Waals surface area contributed by atoms with Crippen LogP contribution in [-0.4, -0.2) is 70.5 Å². The molecule has 7 nitrogen and oxygen atoms in total. The summed E-state index contributed by atoms with van der Waals surface area (Å²) >= 11 is 0. The van der Waals surface area contributed by atoms with Gasteiger partial charge in [0.25, 0.3) is 0 Å². The third kappa shape index (κ3) is 7.53. The highest BCUT2D eigenvalue weighted by Gasteiger charge is 2.27. The van der Waals surface area contributed by atoms with Gasteiger partial charge in [-0.15, -0.1) is 24.0 Å². The number of rotatable bonds is 7. The van der Waals surface area contributed by atoms with Gasteiger partial charge in [-0.25, -0.2) is 0 Å². The second-order valence-corrected chi connectivity index (χ2v) is 8.04. The third-order valence-corrected chi connectivity index (χ3v) is 4.97. The van der Waals surface area contributed by atoms with Crippen LogP contribution in [0.5, 0.6) is 0 Å². The number of morpholine rings is 1. The predicted octanol–water partition coefficient (Wildman–Crippen LogP) is 2.81. The normalized spacial score (nSPS) is 18.3. The fraction of sp³-hybridized carbons (Fsp3) is 0.750. The number of methoxy groups -OCH3 is 1. The SMILES string of the molecule is CN=C(NCC(c1ccc(C)o1)N1CCOCC1)NCC(OC)C(C)(C)C.I. The molecule has 8 heteroatoms. The number of ether oxygens (including phenoxy) is 2. The van der Waals surface area contributed by atoms with Crippen LogP contribution < -0.4 is 10.6 Å². The lowest BCUT2D eigenvalue weighted by Crippen LogP contribution is -2.48. The molecule has 1 aromatic rings. The van der Waals surface area contributed by atoms with Crippen molar-refractivity contribution < 1.29 is 13.9 Å². The maximum Gasteiger partial charge on any atom is 0.191 e. The Labute approximate surface area is 186 Å². The van der Waals surface area contributed by atoms with Gasteiger partial charge in [0.15, 0.2) is 5.96 Å². The van der Waals surface area contributed by atoms with Crippen LogP contribution in [0.4, 0.5) is 0 Å². The summed E-state index contributed by atoms with van der Waals surface area (Å²) in [5.41, 5.74) is 0.0582. The van der Waals surface area contributed by atoms with Crippen molar-refractivity contribution >= 4 is 29.9 Å². The van der Waals surface area contributed by atoms with Gasteiger partial charge < -0.3 is 24.5 Å². The van der Waals surface area contributed by atoms with Crippen molar-refractivity contribution in [3.05, 3.63) is 23.7 Å². The van der Waals surface area contributed by atoms with Crippen molar-refractivity contribution in [2.75, 3.05) is 53.6 Å². The highest BCUT2D eigenvalue weighted by molar-refractivity contribution is 14.0. The number of aryl methyl sites for hydroxylation is 1. The molecule has 2 rings (SSSR count). The van der Waals surface area contributed by atoms with Gasteiger partial charge in [0.2, 0.25) is 0 Å². The van der Waals surface area contributed by atoms with E-state index in [-0.39, 0.29) is 41.5 Å². The molecule has 28 heavy (non-hydrogen) atoms. The number of halogens is 1. The minimum absolute atomic E-state index is 0. The maximum absolute atomic E-state index is 5.92. The molecule has 0 radical (unpaired) electrons. The monoisotopic (exact) mass is 508 g/mol. The molecule has 0 bridgehead atoms. The van der Waals surface area contributed by atoms with E-state index in [4.69, 9.17) is 13.9 Å². The van der Waals surface area contributed by atoms with Crippen LogP contribution >= 0.6 is 24.0 Å². The Kier molecular flexibility index (Phi) is 10.8. The smallest absolute Gasteiger partial charge is 0.191 e. The predicted molar refractivity (Wildman–Crippen MR) is 124 cm³/mol. The molecule has 2 atom stereocenters. The molecule has 2 N–H and O–H groups in total. The number of guanidine groups is 1. The summed E-state index contributed by atoms with van der Waals surface area (Å²) in [7, 11) is 3.54. The molecule has 0 saturated carbocycles. The second-order valence-electron chi connectivity index (χ2n) is 8.04. The zero-order chi connectivity index (χ0) is 19.9. The highest BCUT2D eigenvalue weighted by Crippen LogP contribution is 2.23. The Morgan fingerprint density at radius 1 is 1.21 bits per heavy atom. The minimum Gasteiger partial charge on any atom is -0.465 e. The largest absolute Gasteiger partial charge is 0.465 e. The van der Waals surface area contributed by atoms with Gasteiger partial charge in [0.1, 0.15) is 11.5 Å². The minimum atomic E-state index is 0. The first kappa shape index (κ1) is 25.2. The van der Waals surface area contributed by atoms with E-state index in [1.54, 1.807) is 14.2 Å². The lowest BCUT2D eigenvalue weighted by atomic mass is 9.89. The van der Waals surface area contributed by atoms with E-state index in [1.807, 2.05) is 13.0 Å². The topological polar surface area (TPSA) is 71.3 Å². The highest BCUT2D eigenvalue weighted by atomic mass is 127. The van der Waals surface area contributed by atoms with E-state index in [9.17, 15) is 0 Å². The average Bonchev–Trinajstić information content (AvgIpc) is 3.06. The van der Waals surface area contributed by atoms with E-state index < -0.39 is 0 Å². The summed E-state index contributed by atoms with van der Waals surface area (Å²) in [6.07, 6.45) is 0.0961. The lowest BCUT2D eigenvalue weighted by molar-refractivity contribution is 0.0122. The van der Waals surface area contributed by atoms with E-state index in [0.29, 0.717) is 13.1 Å². The first-order chi connectivity index (χ1) is 12.8. The molecule has 0 aliphatic carbocycles. The quantitative estimate of drug-likeness (QED) is 0.336. The van der Waals surface area contributed by atoms with Crippen molar-refractivity contribution in [2.24, 2.45) is 10.4 Å². The van der Waals surface area contributed by atoms with E-state index in [2.05, 4.69) is 47.4 Å². The molecule has 2 heterocycles. The summed E-state index contributed by atoms with van der Waals surface area (Å²) in [5.74, 6) is 2.67. The van der Waals surface area contributed by atoms with E-state index in [0.717, 1.165) is 43.8 Å². The van der Waals surface area contributed by atoms with Crippen LogP contribution in [0, 0.1) is 12.3 Å². The summed E-state index contributed by atoms with van der Waals surface area (Å²) in [5, 5.41) is 6.83. The zero-order valence-corrected chi connectivity index (χ0v) is 20.4. The summed E-state index contributed by atoms with van der Waals surface area (Å²) in [4.78, 5) is 6.76. The molecule has 2 unspecified atom stereocenters. The van der Waals surface area contributed by atoms with Gasteiger partial charge in [0, 0.05) is 40.3 Å². The van der Waals surface area contributed by atoms with E-state index in [1.165, 1.54) is 0 Å². The maximum atomic E-state index is 5.92. The molecule has 0 amide bonds. The molecule has 1 fully saturated rings. The van der Waals surface area contributed by atoms with Gasteiger partial charge in [-0.3, -0.25) is 9.89 Å². The Bertz CT molecular complexity index is 595. The summed E-state index contributed by atoms with van der Waals surface area (Å²) < 4.78 is 17.0. The van der Waals surface area contributed by atoms with E-state index >= 15 is 0 Å². The molecular weight excluding hydrogens is 471 g/mol. The van der Waals surface area contributed by atoms with Crippen molar-refractivity contribution in [2.45, 2.75) is 39.8 Å². The second kappa shape index (κ2) is 12.0.